The summed E-state index contributed by atoms with van der Waals surface area (Å²) in [4.78, 5) is 0. The second-order valence-corrected chi connectivity index (χ2v) is 8.02. The van der Waals surface area contributed by atoms with Crippen molar-refractivity contribution in [2.45, 2.75) is 70.7 Å². The summed E-state index contributed by atoms with van der Waals surface area (Å²) in [5.74, 6) is -1.12. The number of hydrogen-bond donors (Lipinski definition) is 3. The maximum atomic E-state index is 5.91. The van der Waals surface area contributed by atoms with Crippen LogP contribution in [0.4, 0.5) is 0 Å². The monoisotopic (exact) mass is 423 g/mol. The number of rotatable bonds is 19. The Labute approximate surface area is 184 Å². The number of hydrogen-bond acceptors (Lipinski definition) is 6. The first-order chi connectivity index (χ1) is 14.6. The van der Waals surface area contributed by atoms with Gasteiger partial charge in [-0.1, -0.05) is 75.8 Å². The van der Waals surface area contributed by atoms with Crippen molar-refractivity contribution in [1.82, 2.24) is 10.9 Å². The summed E-state index contributed by atoms with van der Waals surface area (Å²) in [6.45, 7) is 4.18. The van der Waals surface area contributed by atoms with Gasteiger partial charge in [0.2, 0.25) is 0 Å². The lowest BCUT2D eigenvalue weighted by Crippen LogP contribution is -2.59. The molecule has 0 saturated heterocycles. The average molecular weight is 424 g/mol. The van der Waals surface area contributed by atoms with Crippen LogP contribution in [0.3, 0.4) is 0 Å². The van der Waals surface area contributed by atoms with Gasteiger partial charge in [0, 0.05) is 41.0 Å². The number of aryl methyl sites for hydroxylation is 1. The molecule has 0 aliphatic carbocycles. The van der Waals surface area contributed by atoms with Gasteiger partial charge in [-0.05, 0) is 24.8 Å². The smallest absolute Gasteiger partial charge is 0.289 e. The first-order valence-corrected chi connectivity index (χ1v) is 11.5. The molecule has 0 aliphatic heterocycles. The van der Waals surface area contributed by atoms with Gasteiger partial charge in [0.15, 0.2) is 0 Å². The summed E-state index contributed by atoms with van der Waals surface area (Å²) in [6, 6.07) is 10.6. The van der Waals surface area contributed by atoms with Crippen LogP contribution in [0.2, 0.25) is 0 Å². The Morgan fingerprint density at radius 2 is 1.47 bits per heavy atom. The lowest BCUT2D eigenvalue weighted by atomic mass is 9.74. The summed E-state index contributed by atoms with van der Waals surface area (Å²) in [6.07, 6.45) is 10.2. The number of methoxy groups -OCH3 is 3. The Morgan fingerprint density at radius 1 is 0.833 bits per heavy atom. The van der Waals surface area contributed by atoms with Gasteiger partial charge in [-0.2, -0.15) is 0 Å². The highest BCUT2D eigenvalue weighted by Gasteiger charge is 2.53. The Bertz CT molecular complexity index is 517. The largest absolute Gasteiger partial charge is 0.330 e. The zero-order valence-corrected chi connectivity index (χ0v) is 19.7. The van der Waals surface area contributed by atoms with Gasteiger partial charge in [0.05, 0.1) is 5.41 Å². The van der Waals surface area contributed by atoms with E-state index in [1.54, 1.807) is 21.3 Å². The van der Waals surface area contributed by atoms with Crippen molar-refractivity contribution in [3.63, 3.8) is 0 Å². The van der Waals surface area contributed by atoms with Crippen molar-refractivity contribution < 1.29 is 14.2 Å². The molecule has 1 atom stereocenters. The number of nitrogens with two attached hydrogens (primary N) is 1. The minimum atomic E-state index is -1.12. The molecule has 0 radical (unpaired) electrons. The summed E-state index contributed by atoms with van der Waals surface area (Å²) >= 11 is 0. The van der Waals surface area contributed by atoms with Crippen LogP contribution in [-0.2, 0) is 20.6 Å². The van der Waals surface area contributed by atoms with Crippen LogP contribution in [-0.4, -0.2) is 46.9 Å². The highest BCUT2D eigenvalue weighted by molar-refractivity contribution is 5.15. The third-order valence-electron chi connectivity index (χ3n) is 6.02. The van der Waals surface area contributed by atoms with Crippen molar-refractivity contribution in [2.75, 3.05) is 41.0 Å². The Kier molecular flexibility index (Phi) is 14.2. The fourth-order valence-corrected chi connectivity index (χ4v) is 4.28. The van der Waals surface area contributed by atoms with E-state index in [2.05, 4.69) is 48.1 Å². The van der Waals surface area contributed by atoms with Crippen molar-refractivity contribution in [3.8, 4) is 0 Å². The van der Waals surface area contributed by atoms with Gasteiger partial charge in [-0.15, -0.1) is 0 Å². The Balaban J connectivity index is 3.02. The Hall–Kier alpha value is -1.02. The summed E-state index contributed by atoms with van der Waals surface area (Å²) in [7, 11) is 5.00. The van der Waals surface area contributed by atoms with Crippen molar-refractivity contribution in [3.05, 3.63) is 35.9 Å². The predicted octanol–water partition coefficient (Wildman–Crippen LogP) is 4.00. The SMILES string of the molecule is CCCCCCCCC(CCc1ccccc1)(CNNCCN)C(OC)(OC)OC. The highest BCUT2D eigenvalue weighted by Crippen LogP contribution is 2.44. The molecule has 6 nitrogen and oxygen atoms in total. The fourth-order valence-electron chi connectivity index (χ4n) is 4.28. The molecule has 30 heavy (non-hydrogen) atoms. The second-order valence-electron chi connectivity index (χ2n) is 8.02. The molecule has 0 heterocycles. The molecule has 1 aromatic rings. The van der Waals surface area contributed by atoms with Crippen molar-refractivity contribution >= 4 is 0 Å². The summed E-state index contributed by atoms with van der Waals surface area (Å²) < 4.78 is 17.7. The molecule has 0 fully saturated rings. The van der Waals surface area contributed by atoms with Gasteiger partial charge in [0.1, 0.15) is 0 Å². The molecule has 0 aliphatic rings. The standard InChI is InChI=1S/C24H45N3O3/c1-5-6-7-8-9-13-17-23(21-27-26-20-19-25,24(28-2,29-3)30-4)18-16-22-14-11-10-12-15-22/h10-12,14-15,26-27H,5-9,13,16-21,25H2,1-4H3. The van der Waals surface area contributed by atoms with Gasteiger partial charge >= 0.3 is 0 Å². The van der Waals surface area contributed by atoms with E-state index in [-0.39, 0.29) is 5.41 Å². The van der Waals surface area contributed by atoms with Crippen LogP contribution in [0.1, 0.15) is 63.9 Å². The molecular formula is C24H45N3O3. The van der Waals surface area contributed by atoms with E-state index in [9.17, 15) is 0 Å². The van der Waals surface area contributed by atoms with E-state index in [4.69, 9.17) is 19.9 Å². The normalized spacial score (nSPS) is 14.0. The molecule has 174 valence electrons. The molecule has 1 unspecified atom stereocenters. The lowest BCUT2D eigenvalue weighted by Gasteiger charge is -2.47. The van der Waals surface area contributed by atoms with E-state index in [1.165, 1.54) is 37.7 Å². The van der Waals surface area contributed by atoms with Gasteiger partial charge in [-0.25, -0.2) is 0 Å². The topological polar surface area (TPSA) is 77.8 Å². The molecule has 6 heteroatoms. The average Bonchev–Trinajstić information content (AvgIpc) is 2.79. The van der Waals surface area contributed by atoms with Crippen LogP contribution in [0.15, 0.2) is 30.3 Å². The summed E-state index contributed by atoms with van der Waals surface area (Å²) in [5, 5.41) is 0. The van der Waals surface area contributed by atoms with Crippen LogP contribution < -0.4 is 16.6 Å². The van der Waals surface area contributed by atoms with E-state index < -0.39 is 5.97 Å². The number of hydrazine groups is 1. The number of unbranched alkanes of at least 4 members (excludes halogenated alkanes) is 5. The molecule has 1 aromatic carbocycles. The number of nitrogens with one attached hydrogen (secondary N) is 2. The quantitative estimate of drug-likeness (QED) is 0.177. The van der Waals surface area contributed by atoms with E-state index in [0.717, 1.165) is 25.7 Å². The van der Waals surface area contributed by atoms with Crippen LogP contribution in [0.5, 0.6) is 0 Å². The Morgan fingerprint density at radius 3 is 2.07 bits per heavy atom. The van der Waals surface area contributed by atoms with Gasteiger partial charge in [0.25, 0.3) is 5.97 Å². The molecule has 0 aromatic heterocycles. The zero-order chi connectivity index (χ0) is 22.1. The molecule has 0 saturated carbocycles. The van der Waals surface area contributed by atoms with Crippen molar-refractivity contribution in [1.29, 1.82) is 0 Å². The molecule has 0 spiro atoms. The highest BCUT2D eigenvalue weighted by atomic mass is 16.9. The zero-order valence-electron chi connectivity index (χ0n) is 19.7. The molecular weight excluding hydrogens is 378 g/mol. The van der Waals surface area contributed by atoms with E-state index >= 15 is 0 Å². The van der Waals surface area contributed by atoms with Crippen molar-refractivity contribution in [2.24, 2.45) is 11.1 Å². The maximum Gasteiger partial charge on any atom is 0.289 e. The minimum absolute atomic E-state index is 0.368. The number of benzene rings is 1. The first-order valence-electron chi connectivity index (χ1n) is 11.5. The first kappa shape index (κ1) is 27.0. The van der Waals surface area contributed by atoms with Crippen LogP contribution >= 0.6 is 0 Å². The molecule has 0 bridgehead atoms. The lowest BCUT2D eigenvalue weighted by molar-refractivity contribution is -0.408. The van der Waals surface area contributed by atoms with E-state index in [1.807, 2.05) is 0 Å². The second kappa shape index (κ2) is 15.7. The third kappa shape index (κ3) is 8.25. The van der Waals surface area contributed by atoms with Crippen LogP contribution in [0, 0.1) is 5.41 Å². The van der Waals surface area contributed by atoms with Gasteiger partial charge < -0.3 is 19.9 Å². The van der Waals surface area contributed by atoms with E-state index in [0.29, 0.717) is 19.6 Å². The third-order valence-corrected chi connectivity index (χ3v) is 6.02. The molecule has 1 rings (SSSR count). The van der Waals surface area contributed by atoms with Crippen LogP contribution in [0.25, 0.3) is 0 Å². The molecule has 4 N–H and O–H groups in total. The number of ether oxygens (including phenoxy) is 3. The predicted molar refractivity (Wildman–Crippen MR) is 124 cm³/mol. The van der Waals surface area contributed by atoms with Gasteiger partial charge in [-0.3, -0.25) is 10.9 Å². The molecule has 0 amide bonds. The fraction of sp³-hybridized carbons (Fsp3) is 0.750. The maximum absolute atomic E-state index is 5.91. The minimum Gasteiger partial charge on any atom is -0.330 e. The summed E-state index contributed by atoms with van der Waals surface area (Å²) in [5.41, 5.74) is 13.1.